The maximum atomic E-state index is 12.1. The van der Waals surface area contributed by atoms with E-state index in [9.17, 15) is 4.79 Å². The minimum Gasteiger partial charge on any atom is -0.330 e. The van der Waals surface area contributed by atoms with Crippen LogP contribution in [0, 0.1) is 12.8 Å². The number of likely N-dealkylation sites (tertiary alicyclic amines) is 1. The number of halogens is 1. The fraction of sp³-hybridized carbons (Fsp3) is 0.533. The molecule has 5 heteroatoms. The summed E-state index contributed by atoms with van der Waals surface area (Å²) in [7, 11) is 0. The largest absolute Gasteiger partial charge is 0.330 e. The Labute approximate surface area is 128 Å². The van der Waals surface area contributed by atoms with Crippen LogP contribution >= 0.6 is 15.9 Å². The summed E-state index contributed by atoms with van der Waals surface area (Å²) in [5, 5.41) is 2.96. The topological polar surface area (TPSA) is 58.4 Å². The van der Waals surface area contributed by atoms with E-state index in [-0.39, 0.29) is 5.91 Å². The van der Waals surface area contributed by atoms with Gasteiger partial charge < -0.3 is 11.1 Å². The fourth-order valence-electron chi connectivity index (χ4n) is 2.49. The van der Waals surface area contributed by atoms with Crippen molar-refractivity contribution in [1.82, 2.24) is 4.90 Å². The molecule has 1 fully saturated rings. The number of amides is 1. The molecule has 1 aliphatic heterocycles. The standard InChI is InChI=1S/C15H22BrN3O/c1-11-2-3-14(13(16)8-11)18-15(20)10-19-6-4-12(9-17)5-7-19/h2-3,8,12H,4-7,9-10,17H2,1H3,(H,18,20). The molecule has 1 heterocycles. The van der Waals surface area contributed by atoms with Crippen molar-refractivity contribution in [3.8, 4) is 0 Å². The summed E-state index contributed by atoms with van der Waals surface area (Å²) in [4.78, 5) is 14.3. The highest BCUT2D eigenvalue weighted by Crippen LogP contribution is 2.23. The number of anilines is 1. The SMILES string of the molecule is Cc1ccc(NC(=O)CN2CCC(CN)CC2)c(Br)c1. The number of nitrogens with one attached hydrogen (secondary N) is 1. The van der Waals surface area contributed by atoms with Gasteiger partial charge in [0.1, 0.15) is 0 Å². The molecule has 2 rings (SSSR count). The molecule has 0 aromatic heterocycles. The third-order valence-electron chi connectivity index (χ3n) is 3.81. The summed E-state index contributed by atoms with van der Waals surface area (Å²) in [5.74, 6) is 0.668. The maximum Gasteiger partial charge on any atom is 0.238 e. The van der Waals surface area contributed by atoms with Crippen LogP contribution in [0.25, 0.3) is 0 Å². The van der Waals surface area contributed by atoms with E-state index in [0.29, 0.717) is 12.5 Å². The Morgan fingerprint density at radius 1 is 1.45 bits per heavy atom. The normalized spacial score (nSPS) is 17.1. The molecule has 110 valence electrons. The smallest absolute Gasteiger partial charge is 0.238 e. The molecule has 1 amide bonds. The second kappa shape index (κ2) is 7.20. The van der Waals surface area contributed by atoms with Crippen molar-refractivity contribution in [3.63, 3.8) is 0 Å². The van der Waals surface area contributed by atoms with Crippen molar-refractivity contribution < 1.29 is 4.79 Å². The molecule has 1 aromatic carbocycles. The van der Waals surface area contributed by atoms with Crippen LogP contribution in [0.15, 0.2) is 22.7 Å². The van der Waals surface area contributed by atoms with E-state index in [1.807, 2.05) is 25.1 Å². The molecule has 20 heavy (non-hydrogen) atoms. The number of benzene rings is 1. The molecule has 4 nitrogen and oxygen atoms in total. The van der Waals surface area contributed by atoms with Crippen LogP contribution in [0.3, 0.4) is 0 Å². The van der Waals surface area contributed by atoms with Gasteiger partial charge in [-0.2, -0.15) is 0 Å². The van der Waals surface area contributed by atoms with Crippen LogP contribution in [0.1, 0.15) is 18.4 Å². The summed E-state index contributed by atoms with van der Waals surface area (Å²) < 4.78 is 0.924. The molecule has 0 atom stereocenters. The summed E-state index contributed by atoms with van der Waals surface area (Å²) in [6.07, 6.45) is 2.19. The van der Waals surface area contributed by atoms with E-state index in [4.69, 9.17) is 5.73 Å². The van der Waals surface area contributed by atoms with Crippen molar-refractivity contribution in [2.24, 2.45) is 11.7 Å². The minimum atomic E-state index is 0.0424. The van der Waals surface area contributed by atoms with Crippen molar-refractivity contribution in [2.45, 2.75) is 19.8 Å². The lowest BCUT2D eigenvalue weighted by atomic mass is 9.97. The molecule has 0 aliphatic carbocycles. The lowest BCUT2D eigenvalue weighted by Crippen LogP contribution is -2.40. The van der Waals surface area contributed by atoms with E-state index in [1.165, 1.54) is 5.56 Å². The molecular formula is C15H22BrN3O. The predicted molar refractivity (Wildman–Crippen MR) is 85.7 cm³/mol. The minimum absolute atomic E-state index is 0.0424. The van der Waals surface area contributed by atoms with Gasteiger partial charge in [0.25, 0.3) is 0 Å². The van der Waals surface area contributed by atoms with Gasteiger partial charge in [0, 0.05) is 4.47 Å². The molecular weight excluding hydrogens is 318 g/mol. The average Bonchev–Trinajstić information content (AvgIpc) is 2.43. The monoisotopic (exact) mass is 339 g/mol. The second-order valence-electron chi connectivity index (χ2n) is 5.49. The van der Waals surface area contributed by atoms with Crippen LogP contribution in [0.2, 0.25) is 0 Å². The van der Waals surface area contributed by atoms with Gasteiger partial charge in [-0.25, -0.2) is 0 Å². The van der Waals surface area contributed by atoms with E-state index in [1.54, 1.807) is 0 Å². The van der Waals surface area contributed by atoms with E-state index in [0.717, 1.165) is 42.6 Å². The quantitative estimate of drug-likeness (QED) is 0.885. The van der Waals surface area contributed by atoms with Crippen molar-refractivity contribution in [3.05, 3.63) is 28.2 Å². The van der Waals surface area contributed by atoms with Crippen LogP contribution in [-0.4, -0.2) is 37.0 Å². The molecule has 1 aromatic rings. The fourth-order valence-corrected chi connectivity index (χ4v) is 3.09. The Balaban J connectivity index is 1.84. The third-order valence-corrected chi connectivity index (χ3v) is 4.46. The lowest BCUT2D eigenvalue weighted by molar-refractivity contribution is -0.117. The molecule has 1 saturated heterocycles. The highest BCUT2D eigenvalue weighted by molar-refractivity contribution is 9.10. The van der Waals surface area contributed by atoms with E-state index >= 15 is 0 Å². The Hall–Kier alpha value is -0.910. The van der Waals surface area contributed by atoms with Crippen LogP contribution in [0.5, 0.6) is 0 Å². The van der Waals surface area contributed by atoms with Crippen molar-refractivity contribution in [2.75, 3.05) is 31.5 Å². The Kier molecular flexibility index (Phi) is 5.57. The zero-order valence-electron chi connectivity index (χ0n) is 11.9. The highest BCUT2D eigenvalue weighted by Gasteiger charge is 2.19. The van der Waals surface area contributed by atoms with E-state index in [2.05, 4.69) is 26.1 Å². The average molecular weight is 340 g/mol. The zero-order chi connectivity index (χ0) is 14.5. The molecule has 0 spiro atoms. The summed E-state index contributed by atoms with van der Waals surface area (Å²) in [6.45, 7) is 5.17. The molecule has 3 N–H and O–H groups in total. The Bertz CT molecular complexity index is 470. The van der Waals surface area contributed by atoms with Gasteiger partial charge in [-0.3, -0.25) is 9.69 Å². The predicted octanol–water partition coefficient (Wildman–Crippen LogP) is 2.37. The highest BCUT2D eigenvalue weighted by atomic mass is 79.9. The van der Waals surface area contributed by atoms with Gasteiger partial charge in [-0.1, -0.05) is 6.07 Å². The van der Waals surface area contributed by atoms with Gasteiger partial charge in [0.05, 0.1) is 12.2 Å². The molecule has 0 bridgehead atoms. The maximum absolute atomic E-state index is 12.1. The first-order chi connectivity index (χ1) is 9.58. The van der Waals surface area contributed by atoms with Gasteiger partial charge in [-0.15, -0.1) is 0 Å². The van der Waals surface area contributed by atoms with Crippen molar-refractivity contribution >= 4 is 27.5 Å². The number of nitrogens with zero attached hydrogens (tertiary/aromatic N) is 1. The van der Waals surface area contributed by atoms with Gasteiger partial charge >= 0.3 is 0 Å². The summed E-state index contributed by atoms with van der Waals surface area (Å²) in [6, 6.07) is 5.92. The van der Waals surface area contributed by atoms with Gasteiger partial charge in [-0.05, 0) is 78.9 Å². The summed E-state index contributed by atoms with van der Waals surface area (Å²) >= 11 is 3.48. The van der Waals surface area contributed by atoms with Gasteiger partial charge in [0.2, 0.25) is 5.91 Å². The number of carbonyl (C=O) groups is 1. The van der Waals surface area contributed by atoms with Crippen molar-refractivity contribution in [1.29, 1.82) is 0 Å². The Morgan fingerprint density at radius 2 is 2.15 bits per heavy atom. The zero-order valence-corrected chi connectivity index (χ0v) is 13.4. The summed E-state index contributed by atoms with van der Waals surface area (Å²) in [5.41, 5.74) is 7.67. The number of aryl methyl sites for hydroxylation is 1. The number of rotatable bonds is 4. The van der Waals surface area contributed by atoms with E-state index < -0.39 is 0 Å². The first kappa shape index (κ1) is 15.5. The van der Waals surface area contributed by atoms with Gasteiger partial charge in [0.15, 0.2) is 0 Å². The lowest BCUT2D eigenvalue weighted by Gasteiger charge is -2.30. The number of nitrogens with two attached hydrogens (primary N) is 1. The first-order valence-electron chi connectivity index (χ1n) is 7.07. The Morgan fingerprint density at radius 3 is 2.75 bits per heavy atom. The molecule has 1 aliphatic rings. The molecule has 0 unspecified atom stereocenters. The molecule has 0 saturated carbocycles. The third kappa shape index (κ3) is 4.30. The first-order valence-corrected chi connectivity index (χ1v) is 7.86. The van der Waals surface area contributed by atoms with Crippen LogP contribution < -0.4 is 11.1 Å². The van der Waals surface area contributed by atoms with Crippen LogP contribution in [-0.2, 0) is 4.79 Å². The number of carbonyl (C=O) groups excluding carboxylic acids is 1. The second-order valence-corrected chi connectivity index (χ2v) is 6.34. The molecule has 0 radical (unpaired) electrons. The number of hydrogen-bond donors (Lipinski definition) is 2. The number of piperidine rings is 1. The number of hydrogen-bond acceptors (Lipinski definition) is 3. The van der Waals surface area contributed by atoms with Crippen LogP contribution in [0.4, 0.5) is 5.69 Å².